The van der Waals surface area contributed by atoms with E-state index in [4.69, 9.17) is 11.5 Å². The Labute approximate surface area is 76.7 Å². The normalized spacial score (nSPS) is 15.2. The van der Waals surface area contributed by atoms with Gasteiger partial charge in [-0.1, -0.05) is 0 Å². The summed E-state index contributed by atoms with van der Waals surface area (Å²) in [7, 11) is 0. The van der Waals surface area contributed by atoms with Gasteiger partial charge in [0.1, 0.15) is 0 Å². The van der Waals surface area contributed by atoms with Gasteiger partial charge in [-0.2, -0.15) is 5.10 Å². The van der Waals surface area contributed by atoms with Gasteiger partial charge in [0.2, 0.25) is 5.91 Å². The molecule has 4 N–H and O–H groups in total. The summed E-state index contributed by atoms with van der Waals surface area (Å²) >= 11 is 0. The molecule has 1 heterocycles. The average molecular weight is 182 g/mol. The Morgan fingerprint density at radius 1 is 1.69 bits per heavy atom. The quantitative estimate of drug-likeness (QED) is 0.656. The van der Waals surface area contributed by atoms with Crippen LogP contribution < -0.4 is 11.5 Å². The number of rotatable bonds is 4. The van der Waals surface area contributed by atoms with Crippen molar-refractivity contribution in [3.8, 4) is 0 Å². The molecule has 0 fully saturated rings. The summed E-state index contributed by atoms with van der Waals surface area (Å²) in [6.07, 6.45) is 3.99. The Kier molecular flexibility index (Phi) is 2.67. The summed E-state index contributed by atoms with van der Waals surface area (Å²) in [5.74, 6) is -0.486. The zero-order valence-corrected chi connectivity index (χ0v) is 7.60. The van der Waals surface area contributed by atoms with Gasteiger partial charge in [0.25, 0.3) is 0 Å². The maximum absolute atomic E-state index is 10.8. The number of hydrogen-bond donors (Lipinski definition) is 2. The van der Waals surface area contributed by atoms with Crippen LogP contribution in [0.4, 0.5) is 0 Å². The maximum Gasteiger partial charge on any atom is 0.237 e. The number of carbonyl (C=O) groups is 1. The lowest BCUT2D eigenvalue weighted by molar-refractivity contribution is -0.122. The van der Waals surface area contributed by atoms with Crippen LogP contribution in [0, 0.1) is 0 Å². The second kappa shape index (κ2) is 3.57. The Bertz CT molecular complexity index is 278. The smallest absolute Gasteiger partial charge is 0.237 e. The molecule has 0 radical (unpaired) electrons. The van der Waals surface area contributed by atoms with Gasteiger partial charge in [-0.15, -0.1) is 0 Å². The van der Waals surface area contributed by atoms with Crippen molar-refractivity contribution in [2.75, 3.05) is 0 Å². The molecule has 0 saturated heterocycles. The van der Waals surface area contributed by atoms with Crippen LogP contribution in [0.5, 0.6) is 0 Å². The van der Waals surface area contributed by atoms with E-state index in [2.05, 4.69) is 5.10 Å². The predicted molar refractivity (Wildman–Crippen MR) is 48.6 cm³/mol. The standard InChI is InChI=1S/C8H14N4O/c1-8(10,7(9)13)3-6-12-5-2-4-11-12/h2,4-5H,3,6,10H2,1H3,(H2,9,13). The fourth-order valence-electron chi connectivity index (χ4n) is 0.903. The molecular formula is C8H14N4O. The van der Waals surface area contributed by atoms with E-state index in [-0.39, 0.29) is 0 Å². The molecule has 1 amide bonds. The molecule has 13 heavy (non-hydrogen) atoms. The van der Waals surface area contributed by atoms with E-state index in [9.17, 15) is 4.79 Å². The van der Waals surface area contributed by atoms with Gasteiger partial charge in [-0.05, 0) is 19.4 Å². The summed E-state index contributed by atoms with van der Waals surface area (Å²) in [5, 5.41) is 3.99. The van der Waals surface area contributed by atoms with Crippen molar-refractivity contribution < 1.29 is 4.79 Å². The first-order valence-corrected chi connectivity index (χ1v) is 4.08. The molecule has 5 heteroatoms. The van der Waals surface area contributed by atoms with E-state index in [1.807, 2.05) is 12.3 Å². The summed E-state index contributed by atoms with van der Waals surface area (Å²) in [6.45, 7) is 2.22. The second-order valence-electron chi connectivity index (χ2n) is 3.30. The fourth-order valence-corrected chi connectivity index (χ4v) is 0.903. The topological polar surface area (TPSA) is 86.9 Å². The first-order chi connectivity index (χ1) is 6.02. The SMILES string of the molecule is CC(N)(CCn1cccn1)C(N)=O. The minimum absolute atomic E-state index is 0.486. The Morgan fingerprint density at radius 3 is 2.85 bits per heavy atom. The van der Waals surface area contributed by atoms with Gasteiger partial charge >= 0.3 is 0 Å². The number of nitrogens with two attached hydrogens (primary N) is 2. The molecule has 1 atom stereocenters. The minimum atomic E-state index is -0.952. The molecule has 0 bridgehead atoms. The molecular weight excluding hydrogens is 168 g/mol. The minimum Gasteiger partial charge on any atom is -0.368 e. The van der Waals surface area contributed by atoms with Crippen LogP contribution in [0.15, 0.2) is 18.5 Å². The molecule has 1 aromatic rings. The number of aryl methyl sites for hydroxylation is 1. The zero-order chi connectivity index (χ0) is 9.90. The third kappa shape index (κ3) is 2.55. The van der Waals surface area contributed by atoms with E-state index in [0.717, 1.165) is 0 Å². The maximum atomic E-state index is 10.8. The van der Waals surface area contributed by atoms with Gasteiger partial charge in [-0.25, -0.2) is 0 Å². The number of amides is 1. The predicted octanol–water partition coefficient (Wildman–Crippen LogP) is -0.524. The van der Waals surface area contributed by atoms with Crippen molar-refractivity contribution in [1.29, 1.82) is 0 Å². The van der Waals surface area contributed by atoms with E-state index < -0.39 is 11.4 Å². The molecule has 1 rings (SSSR count). The molecule has 0 aliphatic heterocycles. The number of aromatic nitrogens is 2. The Balaban J connectivity index is 2.47. The van der Waals surface area contributed by atoms with Crippen molar-refractivity contribution in [3.63, 3.8) is 0 Å². The lowest BCUT2D eigenvalue weighted by atomic mass is 9.99. The number of carbonyl (C=O) groups excluding carboxylic acids is 1. The van der Waals surface area contributed by atoms with E-state index >= 15 is 0 Å². The van der Waals surface area contributed by atoms with Gasteiger partial charge in [0, 0.05) is 18.9 Å². The molecule has 72 valence electrons. The Morgan fingerprint density at radius 2 is 2.38 bits per heavy atom. The highest BCUT2D eigenvalue weighted by atomic mass is 16.1. The molecule has 0 aliphatic carbocycles. The van der Waals surface area contributed by atoms with Crippen molar-refractivity contribution in [2.45, 2.75) is 25.4 Å². The molecule has 1 aromatic heterocycles. The monoisotopic (exact) mass is 182 g/mol. The van der Waals surface area contributed by atoms with Crippen LogP contribution in [0.1, 0.15) is 13.3 Å². The summed E-state index contributed by atoms with van der Waals surface area (Å²) in [6, 6.07) is 1.82. The van der Waals surface area contributed by atoms with E-state index in [0.29, 0.717) is 13.0 Å². The highest BCUT2D eigenvalue weighted by molar-refractivity contribution is 5.83. The molecule has 0 aliphatic rings. The third-order valence-corrected chi connectivity index (χ3v) is 1.98. The average Bonchev–Trinajstić information content (AvgIpc) is 2.52. The van der Waals surface area contributed by atoms with Gasteiger partial charge in [-0.3, -0.25) is 9.48 Å². The molecule has 1 unspecified atom stereocenters. The molecule has 0 spiro atoms. The molecule has 5 nitrogen and oxygen atoms in total. The molecule has 0 saturated carbocycles. The highest BCUT2D eigenvalue weighted by Gasteiger charge is 2.24. The summed E-state index contributed by atoms with van der Waals surface area (Å²) < 4.78 is 1.72. The summed E-state index contributed by atoms with van der Waals surface area (Å²) in [4.78, 5) is 10.8. The van der Waals surface area contributed by atoms with Gasteiger partial charge in [0.05, 0.1) is 5.54 Å². The van der Waals surface area contributed by atoms with E-state index in [1.165, 1.54) is 0 Å². The number of hydrogen-bond acceptors (Lipinski definition) is 3. The molecule has 0 aromatic carbocycles. The van der Waals surface area contributed by atoms with E-state index in [1.54, 1.807) is 17.8 Å². The van der Waals surface area contributed by atoms with Crippen LogP contribution in [-0.4, -0.2) is 21.2 Å². The van der Waals surface area contributed by atoms with Crippen molar-refractivity contribution in [1.82, 2.24) is 9.78 Å². The largest absolute Gasteiger partial charge is 0.368 e. The van der Waals surface area contributed by atoms with Crippen LogP contribution in [-0.2, 0) is 11.3 Å². The van der Waals surface area contributed by atoms with Crippen molar-refractivity contribution in [3.05, 3.63) is 18.5 Å². The van der Waals surface area contributed by atoms with Gasteiger partial charge in [0.15, 0.2) is 0 Å². The van der Waals surface area contributed by atoms with Crippen LogP contribution >= 0.6 is 0 Å². The third-order valence-electron chi connectivity index (χ3n) is 1.98. The highest BCUT2D eigenvalue weighted by Crippen LogP contribution is 2.05. The first kappa shape index (κ1) is 9.73. The van der Waals surface area contributed by atoms with Crippen molar-refractivity contribution in [2.24, 2.45) is 11.5 Å². The van der Waals surface area contributed by atoms with Crippen molar-refractivity contribution >= 4 is 5.91 Å². The second-order valence-corrected chi connectivity index (χ2v) is 3.30. The Hall–Kier alpha value is -1.36. The fraction of sp³-hybridized carbons (Fsp3) is 0.500. The lowest BCUT2D eigenvalue weighted by Gasteiger charge is -2.19. The summed E-state index contributed by atoms with van der Waals surface area (Å²) in [5.41, 5.74) is 9.82. The van der Waals surface area contributed by atoms with Gasteiger partial charge < -0.3 is 11.5 Å². The van der Waals surface area contributed by atoms with Crippen LogP contribution in [0.3, 0.4) is 0 Å². The lowest BCUT2D eigenvalue weighted by Crippen LogP contribution is -2.49. The van der Waals surface area contributed by atoms with Crippen LogP contribution in [0.2, 0.25) is 0 Å². The van der Waals surface area contributed by atoms with Crippen LogP contribution in [0.25, 0.3) is 0 Å². The zero-order valence-electron chi connectivity index (χ0n) is 7.60. The number of primary amides is 1. The first-order valence-electron chi connectivity index (χ1n) is 4.08. The number of nitrogens with zero attached hydrogens (tertiary/aromatic N) is 2.